The van der Waals surface area contributed by atoms with E-state index in [1.165, 1.54) is 24.1 Å². The van der Waals surface area contributed by atoms with Crippen molar-refractivity contribution in [3.05, 3.63) is 29.6 Å². The highest BCUT2D eigenvalue weighted by atomic mass is 79.9. The van der Waals surface area contributed by atoms with Crippen LogP contribution in [0.15, 0.2) is 18.3 Å². The van der Waals surface area contributed by atoms with E-state index in [-0.39, 0.29) is 0 Å². The van der Waals surface area contributed by atoms with Crippen LogP contribution in [0.3, 0.4) is 0 Å². The largest absolute Gasteiger partial charge is 0.261 e. The fourth-order valence-electron chi connectivity index (χ4n) is 1.63. The molecule has 0 radical (unpaired) electrons. The number of aromatic nitrogens is 1. The first-order valence-corrected chi connectivity index (χ1v) is 6.59. The quantitative estimate of drug-likeness (QED) is 0.733. The van der Waals surface area contributed by atoms with E-state index >= 15 is 0 Å². The lowest BCUT2D eigenvalue weighted by atomic mass is 9.99. The van der Waals surface area contributed by atoms with Crippen molar-refractivity contribution in [2.45, 2.75) is 44.9 Å². The summed E-state index contributed by atoms with van der Waals surface area (Å²) in [7, 11) is 0. The summed E-state index contributed by atoms with van der Waals surface area (Å²) in [4.78, 5) is 4.98. The Morgan fingerprint density at radius 2 is 2.20 bits per heavy atom. The molecule has 2 heteroatoms. The highest BCUT2D eigenvalue weighted by Crippen LogP contribution is 2.20. The molecule has 1 aromatic heterocycles. The zero-order valence-corrected chi connectivity index (χ0v) is 11.4. The minimum atomic E-state index is 0.557. The minimum absolute atomic E-state index is 0.557. The first-order valence-electron chi connectivity index (χ1n) is 5.68. The maximum atomic E-state index is 4.42. The molecular formula is C13H20BrN. The van der Waals surface area contributed by atoms with Gasteiger partial charge in [-0.25, -0.2) is 0 Å². The van der Waals surface area contributed by atoms with E-state index in [1.807, 2.05) is 12.3 Å². The van der Waals surface area contributed by atoms with E-state index < -0.39 is 0 Å². The van der Waals surface area contributed by atoms with Crippen LogP contribution in [-0.4, -0.2) is 9.81 Å². The van der Waals surface area contributed by atoms with Crippen molar-refractivity contribution in [1.82, 2.24) is 4.98 Å². The molecule has 0 N–H and O–H groups in total. The summed E-state index contributed by atoms with van der Waals surface area (Å²) in [6.45, 7) is 6.68. The van der Waals surface area contributed by atoms with Crippen molar-refractivity contribution >= 4 is 15.9 Å². The molecular weight excluding hydrogens is 250 g/mol. The lowest BCUT2D eigenvalue weighted by Crippen LogP contribution is -2.10. The van der Waals surface area contributed by atoms with Gasteiger partial charge in [0.05, 0.1) is 0 Å². The number of pyridine rings is 1. The molecule has 0 aliphatic heterocycles. The summed E-state index contributed by atoms with van der Waals surface area (Å²) >= 11 is 3.75. The Morgan fingerprint density at radius 3 is 2.80 bits per heavy atom. The molecule has 0 aromatic carbocycles. The number of rotatable bonds is 5. The second-order valence-corrected chi connectivity index (χ2v) is 5.61. The van der Waals surface area contributed by atoms with Gasteiger partial charge < -0.3 is 0 Å². The number of alkyl halides is 1. The van der Waals surface area contributed by atoms with E-state index in [0.29, 0.717) is 4.83 Å². The molecule has 0 aliphatic rings. The molecule has 15 heavy (non-hydrogen) atoms. The Kier molecular flexibility index (Phi) is 5.30. The fraction of sp³-hybridized carbons (Fsp3) is 0.615. The van der Waals surface area contributed by atoms with Crippen molar-refractivity contribution < 1.29 is 0 Å². The van der Waals surface area contributed by atoms with Gasteiger partial charge in [0.1, 0.15) is 0 Å². The molecule has 0 saturated heterocycles. The highest BCUT2D eigenvalue weighted by Gasteiger charge is 2.11. The molecule has 0 amide bonds. The molecule has 1 nitrogen and oxygen atoms in total. The van der Waals surface area contributed by atoms with Crippen LogP contribution in [0, 0.1) is 12.8 Å². The van der Waals surface area contributed by atoms with Crippen LogP contribution in [0.25, 0.3) is 0 Å². The fourth-order valence-corrected chi connectivity index (χ4v) is 2.57. The van der Waals surface area contributed by atoms with E-state index in [4.69, 9.17) is 0 Å². The molecule has 1 aromatic rings. The lowest BCUT2D eigenvalue weighted by Gasteiger charge is -2.14. The first kappa shape index (κ1) is 12.7. The van der Waals surface area contributed by atoms with Gasteiger partial charge in [-0.3, -0.25) is 4.98 Å². The van der Waals surface area contributed by atoms with Crippen LogP contribution in [0.1, 0.15) is 37.9 Å². The average Bonchev–Trinajstić information content (AvgIpc) is 2.21. The normalized spacial score (nSPS) is 14.9. The van der Waals surface area contributed by atoms with E-state index in [1.54, 1.807) is 0 Å². The molecule has 1 heterocycles. The van der Waals surface area contributed by atoms with Gasteiger partial charge in [-0.15, -0.1) is 0 Å². The Morgan fingerprint density at radius 1 is 1.47 bits per heavy atom. The molecule has 84 valence electrons. The smallest absolute Gasteiger partial charge is 0.0443 e. The van der Waals surface area contributed by atoms with Crippen LogP contribution in [0.5, 0.6) is 0 Å². The molecule has 1 rings (SSSR count). The standard InChI is InChI=1S/C13H20BrN/c1-4-10(2)8-12(14)9-13-11(3)6-5-7-15-13/h5-7,10,12H,4,8-9H2,1-3H3. The van der Waals surface area contributed by atoms with Crippen LogP contribution >= 0.6 is 15.9 Å². The Labute approximate surface area is 101 Å². The summed E-state index contributed by atoms with van der Waals surface area (Å²) < 4.78 is 0. The highest BCUT2D eigenvalue weighted by molar-refractivity contribution is 9.09. The Bertz CT molecular complexity index is 298. The zero-order chi connectivity index (χ0) is 11.3. The van der Waals surface area contributed by atoms with Crippen molar-refractivity contribution in [3.63, 3.8) is 0 Å². The monoisotopic (exact) mass is 269 g/mol. The second-order valence-electron chi connectivity index (χ2n) is 4.32. The van der Waals surface area contributed by atoms with Crippen LogP contribution in [0.4, 0.5) is 0 Å². The van der Waals surface area contributed by atoms with Gasteiger partial charge in [0.25, 0.3) is 0 Å². The molecule has 0 saturated carbocycles. The summed E-state index contributed by atoms with van der Waals surface area (Å²) in [5, 5.41) is 0. The number of halogens is 1. The molecule has 0 fully saturated rings. The summed E-state index contributed by atoms with van der Waals surface area (Å²) in [5.41, 5.74) is 2.52. The third kappa shape index (κ3) is 4.33. The summed E-state index contributed by atoms with van der Waals surface area (Å²) in [6.07, 6.45) is 5.40. The molecule has 2 unspecified atom stereocenters. The van der Waals surface area contributed by atoms with Gasteiger partial charge >= 0.3 is 0 Å². The summed E-state index contributed by atoms with van der Waals surface area (Å²) in [6, 6.07) is 4.13. The lowest BCUT2D eigenvalue weighted by molar-refractivity contribution is 0.505. The molecule has 2 atom stereocenters. The molecule has 0 spiro atoms. The maximum Gasteiger partial charge on any atom is 0.0443 e. The first-order chi connectivity index (χ1) is 7.13. The minimum Gasteiger partial charge on any atom is -0.261 e. The van der Waals surface area contributed by atoms with Crippen molar-refractivity contribution in [3.8, 4) is 0 Å². The number of hydrogen-bond donors (Lipinski definition) is 0. The number of aryl methyl sites for hydroxylation is 1. The average molecular weight is 270 g/mol. The predicted octanol–water partition coefficient (Wildman–Crippen LogP) is 4.13. The Hall–Kier alpha value is -0.370. The molecule has 0 aliphatic carbocycles. The number of hydrogen-bond acceptors (Lipinski definition) is 1. The van der Waals surface area contributed by atoms with Crippen LogP contribution in [-0.2, 0) is 6.42 Å². The van der Waals surface area contributed by atoms with Gasteiger partial charge in [-0.2, -0.15) is 0 Å². The third-order valence-corrected chi connectivity index (χ3v) is 3.59. The third-order valence-electron chi connectivity index (χ3n) is 2.89. The van der Waals surface area contributed by atoms with Crippen LogP contribution < -0.4 is 0 Å². The summed E-state index contributed by atoms with van der Waals surface area (Å²) in [5.74, 6) is 0.790. The van der Waals surface area contributed by atoms with E-state index in [9.17, 15) is 0 Å². The number of nitrogens with zero attached hydrogens (tertiary/aromatic N) is 1. The second kappa shape index (κ2) is 6.26. The van der Waals surface area contributed by atoms with Gasteiger partial charge in [-0.1, -0.05) is 42.3 Å². The SMILES string of the molecule is CCC(C)CC(Br)Cc1ncccc1C. The zero-order valence-electron chi connectivity index (χ0n) is 9.83. The maximum absolute atomic E-state index is 4.42. The van der Waals surface area contributed by atoms with Crippen molar-refractivity contribution in [1.29, 1.82) is 0 Å². The topological polar surface area (TPSA) is 12.9 Å². The van der Waals surface area contributed by atoms with Gasteiger partial charge in [0.15, 0.2) is 0 Å². The van der Waals surface area contributed by atoms with Gasteiger partial charge in [0, 0.05) is 23.1 Å². The van der Waals surface area contributed by atoms with E-state index in [2.05, 4.69) is 47.8 Å². The Balaban J connectivity index is 2.51. The van der Waals surface area contributed by atoms with Gasteiger partial charge in [-0.05, 0) is 30.9 Å². The van der Waals surface area contributed by atoms with E-state index in [0.717, 1.165) is 12.3 Å². The molecule has 0 bridgehead atoms. The van der Waals surface area contributed by atoms with Crippen molar-refractivity contribution in [2.24, 2.45) is 5.92 Å². The van der Waals surface area contributed by atoms with Gasteiger partial charge in [0.2, 0.25) is 0 Å². The van der Waals surface area contributed by atoms with Crippen LogP contribution in [0.2, 0.25) is 0 Å². The van der Waals surface area contributed by atoms with Crippen molar-refractivity contribution in [2.75, 3.05) is 0 Å². The predicted molar refractivity (Wildman–Crippen MR) is 69.5 cm³/mol.